The topological polar surface area (TPSA) is 47.3 Å². The normalized spacial score (nSPS) is 30.2. The zero-order valence-corrected chi connectivity index (χ0v) is 11.7. The fourth-order valence-corrected chi connectivity index (χ4v) is 3.58. The van der Waals surface area contributed by atoms with Crippen LogP contribution >= 0.6 is 0 Å². The van der Waals surface area contributed by atoms with Crippen LogP contribution < -0.4 is 0 Å². The van der Waals surface area contributed by atoms with Crippen molar-refractivity contribution in [3.8, 4) is 11.3 Å². The number of aromatic nitrogens is 2. The number of fused-ring (bicyclic) bond motifs is 3. The van der Waals surface area contributed by atoms with E-state index in [9.17, 15) is 5.11 Å². The molecule has 0 aliphatic carbocycles. The maximum absolute atomic E-state index is 10.6. The molecule has 4 nitrogen and oxygen atoms in total. The lowest BCUT2D eigenvalue weighted by Gasteiger charge is -2.28. The Morgan fingerprint density at radius 3 is 2.90 bits per heavy atom. The quantitative estimate of drug-likeness (QED) is 0.864. The van der Waals surface area contributed by atoms with E-state index in [-0.39, 0.29) is 12.0 Å². The minimum atomic E-state index is -0.483. The Morgan fingerprint density at radius 1 is 1.35 bits per heavy atom. The second-order valence-electron chi connectivity index (χ2n) is 6.24. The fraction of sp³-hybridized carbons (Fsp3) is 0.438. The van der Waals surface area contributed by atoms with Crippen molar-refractivity contribution in [2.75, 3.05) is 6.61 Å². The summed E-state index contributed by atoms with van der Waals surface area (Å²) in [5.74, 6) is 0.0570. The minimum Gasteiger partial charge on any atom is -0.390 e. The molecule has 0 radical (unpaired) electrons. The summed E-state index contributed by atoms with van der Waals surface area (Å²) in [7, 11) is 0. The first kappa shape index (κ1) is 12.1. The number of hydrogen-bond acceptors (Lipinski definition) is 3. The van der Waals surface area contributed by atoms with E-state index < -0.39 is 11.7 Å². The van der Waals surface area contributed by atoms with E-state index in [1.807, 2.05) is 32.4 Å². The maximum atomic E-state index is 10.6. The van der Waals surface area contributed by atoms with Crippen molar-refractivity contribution in [2.45, 2.75) is 31.6 Å². The van der Waals surface area contributed by atoms with Crippen molar-refractivity contribution in [2.24, 2.45) is 5.92 Å². The van der Waals surface area contributed by atoms with Crippen LogP contribution in [0.1, 0.15) is 25.5 Å². The monoisotopic (exact) mass is 270 g/mol. The maximum Gasteiger partial charge on any atom is 0.0956 e. The van der Waals surface area contributed by atoms with Crippen molar-refractivity contribution in [3.63, 3.8) is 0 Å². The standard InChI is InChI=1S/C16H18N2O2/c1-16(2)15(19)12(8-20-16)14-11-6-4-3-5-10(11)13-7-17-9-18(13)14/h3-7,9,12,14-15,19H,8H2,1-2H3. The summed E-state index contributed by atoms with van der Waals surface area (Å²) in [6.07, 6.45) is 3.28. The zero-order chi connectivity index (χ0) is 13.9. The first-order chi connectivity index (χ1) is 9.59. The van der Waals surface area contributed by atoms with Gasteiger partial charge in [-0.3, -0.25) is 0 Å². The number of aliphatic hydroxyl groups excluding tert-OH is 1. The van der Waals surface area contributed by atoms with E-state index in [4.69, 9.17) is 4.74 Å². The predicted octanol–water partition coefficient (Wildman–Crippen LogP) is 2.24. The van der Waals surface area contributed by atoms with Gasteiger partial charge in [0.25, 0.3) is 0 Å². The van der Waals surface area contributed by atoms with Gasteiger partial charge in [-0.1, -0.05) is 24.3 Å². The molecule has 3 unspecified atom stereocenters. The molecule has 0 spiro atoms. The molecule has 20 heavy (non-hydrogen) atoms. The third-order valence-corrected chi connectivity index (χ3v) is 4.69. The summed E-state index contributed by atoms with van der Waals surface area (Å²) >= 11 is 0. The fourth-order valence-electron chi connectivity index (χ4n) is 3.58. The zero-order valence-electron chi connectivity index (χ0n) is 11.7. The van der Waals surface area contributed by atoms with Crippen molar-refractivity contribution < 1.29 is 9.84 Å². The molecule has 0 amide bonds. The van der Waals surface area contributed by atoms with Gasteiger partial charge in [0.15, 0.2) is 0 Å². The van der Waals surface area contributed by atoms with Crippen LogP contribution in [0.2, 0.25) is 0 Å². The Morgan fingerprint density at radius 2 is 2.15 bits per heavy atom. The van der Waals surface area contributed by atoms with Crippen LogP contribution in [-0.4, -0.2) is 33.0 Å². The number of aliphatic hydroxyl groups is 1. The molecule has 4 rings (SSSR count). The lowest BCUT2D eigenvalue weighted by atomic mass is 9.85. The van der Waals surface area contributed by atoms with Crippen LogP contribution in [0.25, 0.3) is 11.3 Å². The van der Waals surface area contributed by atoms with E-state index in [1.165, 1.54) is 11.1 Å². The molecule has 2 aromatic rings. The van der Waals surface area contributed by atoms with Gasteiger partial charge in [0.1, 0.15) is 0 Å². The number of hydrogen-bond donors (Lipinski definition) is 1. The summed E-state index contributed by atoms with van der Waals surface area (Å²) in [6.45, 7) is 4.48. The Balaban J connectivity index is 1.84. The number of ether oxygens (including phenoxy) is 1. The highest BCUT2D eigenvalue weighted by atomic mass is 16.5. The van der Waals surface area contributed by atoms with E-state index in [1.54, 1.807) is 0 Å². The average Bonchev–Trinajstić information content (AvgIpc) is 3.07. The van der Waals surface area contributed by atoms with Gasteiger partial charge in [0, 0.05) is 11.5 Å². The summed E-state index contributed by atoms with van der Waals surface area (Å²) in [4.78, 5) is 4.27. The van der Waals surface area contributed by atoms with Gasteiger partial charge in [0.05, 0.1) is 42.6 Å². The van der Waals surface area contributed by atoms with Gasteiger partial charge < -0.3 is 14.4 Å². The van der Waals surface area contributed by atoms with Crippen molar-refractivity contribution >= 4 is 0 Å². The lowest BCUT2D eigenvalue weighted by molar-refractivity contribution is -0.0321. The van der Waals surface area contributed by atoms with Gasteiger partial charge in [-0.25, -0.2) is 4.98 Å². The molecule has 1 aromatic heterocycles. The first-order valence-corrected chi connectivity index (χ1v) is 7.03. The predicted molar refractivity (Wildman–Crippen MR) is 75.3 cm³/mol. The largest absolute Gasteiger partial charge is 0.390 e. The van der Waals surface area contributed by atoms with Crippen LogP contribution in [0.15, 0.2) is 36.8 Å². The van der Waals surface area contributed by atoms with Crippen LogP contribution in [0.5, 0.6) is 0 Å². The van der Waals surface area contributed by atoms with Gasteiger partial charge in [0.2, 0.25) is 0 Å². The molecule has 1 fully saturated rings. The van der Waals surface area contributed by atoms with E-state index in [0.29, 0.717) is 6.61 Å². The number of benzene rings is 1. The SMILES string of the molecule is CC1(C)OCC(C2c3ccccc3-c3cncn32)C1O. The lowest BCUT2D eigenvalue weighted by Crippen LogP contribution is -2.38. The second kappa shape index (κ2) is 3.93. The Hall–Kier alpha value is -1.65. The van der Waals surface area contributed by atoms with E-state index >= 15 is 0 Å². The van der Waals surface area contributed by atoms with Crippen molar-refractivity contribution in [1.82, 2.24) is 9.55 Å². The van der Waals surface area contributed by atoms with Gasteiger partial charge in [-0.05, 0) is 19.4 Å². The van der Waals surface area contributed by atoms with E-state index in [0.717, 1.165) is 5.69 Å². The second-order valence-corrected chi connectivity index (χ2v) is 6.24. The molecule has 1 aromatic carbocycles. The van der Waals surface area contributed by atoms with Crippen LogP contribution in [-0.2, 0) is 4.74 Å². The Kier molecular flexibility index (Phi) is 2.38. The smallest absolute Gasteiger partial charge is 0.0956 e. The Bertz CT molecular complexity index is 662. The molecule has 1 N–H and O–H groups in total. The van der Waals surface area contributed by atoms with Crippen molar-refractivity contribution in [1.29, 1.82) is 0 Å². The molecule has 2 aliphatic heterocycles. The highest BCUT2D eigenvalue weighted by molar-refractivity contribution is 5.69. The molecule has 3 atom stereocenters. The third-order valence-electron chi connectivity index (χ3n) is 4.69. The minimum absolute atomic E-state index is 0.0570. The molecular weight excluding hydrogens is 252 g/mol. The summed E-state index contributed by atoms with van der Waals surface area (Å²) in [5, 5.41) is 10.6. The van der Waals surface area contributed by atoms with Gasteiger partial charge in [-0.15, -0.1) is 0 Å². The summed E-state index contributed by atoms with van der Waals surface area (Å²) < 4.78 is 7.97. The highest BCUT2D eigenvalue weighted by Gasteiger charge is 2.48. The summed E-state index contributed by atoms with van der Waals surface area (Å²) in [6, 6.07) is 8.48. The Labute approximate surface area is 118 Å². The molecule has 0 saturated carbocycles. The molecule has 0 bridgehead atoms. The molecule has 1 saturated heterocycles. The molecule has 2 aliphatic rings. The highest BCUT2D eigenvalue weighted by Crippen LogP contribution is 2.47. The van der Waals surface area contributed by atoms with Gasteiger partial charge in [-0.2, -0.15) is 0 Å². The third kappa shape index (κ3) is 1.46. The number of imidazole rings is 1. The number of rotatable bonds is 1. The molecule has 4 heteroatoms. The van der Waals surface area contributed by atoms with Crippen LogP contribution in [0.3, 0.4) is 0 Å². The van der Waals surface area contributed by atoms with Crippen LogP contribution in [0, 0.1) is 5.92 Å². The average molecular weight is 270 g/mol. The van der Waals surface area contributed by atoms with Crippen LogP contribution in [0.4, 0.5) is 0 Å². The molecule has 104 valence electrons. The molecule has 3 heterocycles. The van der Waals surface area contributed by atoms with Crippen molar-refractivity contribution in [3.05, 3.63) is 42.4 Å². The molecular formula is C16H18N2O2. The van der Waals surface area contributed by atoms with E-state index in [2.05, 4.69) is 27.8 Å². The summed E-state index contributed by atoms with van der Waals surface area (Å²) in [5.41, 5.74) is 3.12. The number of nitrogens with zero attached hydrogens (tertiary/aromatic N) is 2. The van der Waals surface area contributed by atoms with Gasteiger partial charge >= 0.3 is 0 Å². The first-order valence-electron chi connectivity index (χ1n) is 7.03.